The number of amides is 1. The lowest BCUT2D eigenvalue weighted by molar-refractivity contribution is -0.124. The molecular formula is C18H18ClNO4. The number of benzene rings is 2. The van der Waals surface area contributed by atoms with E-state index < -0.39 is 18.5 Å². The van der Waals surface area contributed by atoms with Crippen molar-refractivity contribution >= 4 is 23.5 Å². The van der Waals surface area contributed by atoms with E-state index in [1.807, 2.05) is 37.3 Å². The molecule has 0 heterocycles. The number of esters is 1. The molecule has 24 heavy (non-hydrogen) atoms. The van der Waals surface area contributed by atoms with Crippen LogP contribution < -0.4 is 5.32 Å². The van der Waals surface area contributed by atoms with Crippen LogP contribution in [-0.2, 0) is 9.53 Å². The van der Waals surface area contributed by atoms with Crippen molar-refractivity contribution in [3.05, 3.63) is 64.7 Å². The second kappa shape index (κ2) is 8.36. The molecule has 1 atom stereocenters. The fourth-order valence-electron chi connectivity index (χ4n) is 2.10. The highest BCUT2D eigenvalue weighted by Gasteiger charge is 2.15. The van der Waals surface area contributed by atoms with E-state index in [1.165, 1.54) is 18.2 Å². The van der Waals surface area contributed by atoms with Gasteiger partial charge in [-0.15, -0.1) is 0 Å². The highest BCUT2D eigenvalue weighted by Crippen LogP contribution is 2.22. The lowest BCUT2D eigenvalue weighted by Crippen LogP contribution is -2.31. The van der Waals surface area contributed by atoms with E-state index in [1.54, 1.807) is 0 Å². The third-order valence-corrected chi connectivity index (χ3v) is 3.72. The predicted octanol–water partition coefficient (Wildman–Crippen LogP) is 3.12. The second-order valence-electron chi connectivity index (χ2n) is 5.35. The standard InChI is InChI=1S/C18H18ClNO4/c1-12(13-5-3-2-4-6-13)10-20-17(22)11-24-18(23)15-9-14(19)7-8-16(15)21/h2-9,12,21H,10-11H2,1H3,(H,20,22)/t12-/m1/s1. The average Bonchev–Trinajstić information content (AvgIpc) is 2.60. The number of rotatable bonds is 6. The van der Waals surface area contributed by atoms with Crippen LogP contribution in [0.2, 0.25) is 5.02 Å². The molecule has 0 aliphatic heterocycles. The third-order valence-electron chi connectivity index (χ3n) is 3.49. The summed E-state index contributed by atoms with van der Waals surface area (Å²) in [5, 5.41) is 12.6. The first kappa shape index (κ1) is 17.8. The second-order valence-corrected chi connectivity index (χ2v) is 5.79. The first-order valence-electron chi connectivity index (χ1n) is 7.44. The summed E-state index contributed by atoms with van der Waals surface area (Å²) < 4.78 is 4.89. The van der Waals surface area contributed by atoms with Crippen LogP contribution >= 0.6 is 11.6 Å². The molecule has 0 aromatic heterocycles. The quantitative estimate of drug-likeness (QED) is 0.787. The number of carbonyl (C=O) groups excluding carboxylic acids is 2. The van der Waals surface area contributed by atoms with Gasteiger partial charge in [-0.3, -0.25) is 4.79 Å². The van der Waals surface area contributed by atoms with Gasteiger partial charge in [0.15, 0.2) is 6.61 Å². The number of hydrogen-bond donors (Lipinski definition) is 2. The summed E-state index contributed by atoms with van der Waals surface area (Å²) in [7, 11) is 0. The van der Waals surface area contributed by atoms with Crippen LogP contribution in [0.15, 0.2) is 48.5 Å². The summed E-state index contributed by atoms with van der Waals surface area (Å²) in [4.78, 5) is 23.7. The number of carbonyl (C=O) groups is 2. The smallest absolute Gasteiger partial charge is 0.342 e. The fourth-order valence-corrected chi connectivity index (χ4v) is 2.27. The molecule has 0 saturated heterocycles. The summed E-state index contributed by atoms with van der Waals surface area (Å²) in [5.74, 6) is -1.32. The Hall–Kier alpha value is -2.53. The van der Waals surface area contributed by atoms with Crippen LogP contribution in [-0.4, -0.2) is 30.1 Å². The summed E-state index contributed by atoms with van der Waals surface area (Å²) in [6.07, 6.45) is 0. The monoisotopic (exact) mass is 347 g/mol. The average molecular weight is 348 g/mol. The first-order chi connectivity index (χ1) is 11.5. The molecule has 0 bridgehead atoms. The zero-order valence-electron chi connectivity index (χ0n) is 13.2. The molecule has 0 unspecified atom stereocenters. The van der Waals surface area contributed by atoms with Crippen LogP contribution in [0.5, 0.6) is 5.75 Å². The summed E-state index contributed by atoms with van der Waals surface area (Å²) in [5.41, 5.74) is 1.03. The fraction of sp³-hybridized carbons (Fsp3) is 0.222. The molecule has 0 aliphatic carbocycles. The molecule has 2 rings (SSSR count). The van der Waals surface area contributed by atoms with Crippen LogP contribution in [0.25, 0.3) is 0 Å². The van der Waals surface area contributed by atoms with E-state index in [4.69, 9.17) is 16.3 Å². The lowest BCUT2D eigenvalue weighted by atomic mass is 10.0. The third kappa shape index (κ3) is 4.99. The minimum Gasteiger partial charge on any atom is -0.507 e. The highest BCUT2D eigenvalue weighted by molar-refractivity contribution is 6.31. The van der Waals surface area contributed by atoms with Crippen molar-refractivity contribution in [1.29, 1.82) is 0 Å². The van der Waals surface area contributed by atoms with E-state index in [0.29, 0.717) is 11.6 Å². The van der Waals surface area contributed by atoms with Gasteiger partial charge in [0.2, 0.25) is 0 Å². The van der Waals surface area contributed by atoms with Crippen LogP contribution in [0, 0.1) is 0 Å². The van der Waals surface area contributed by atoms with E-state index >= 15 is 0 Å². The maximum absolute atomic E-state index is 11.9. The van der Waals surface area contributed by atoms with Gasteiger partial charge in [-0.25, -0.2) is 4.79 Å². The van der Waals surface area contributed by atoms with Gasteiger partial charge in [-0.05, 0) is 29.7 Å². The molecule has 0 saturated carbocycles. The molecule has 126 valence electrons. The molecule has 2 N–H and O–H groups in total. The predicted molar refractivity (Wildman–Crippen MR) is 91.3 cm³/mol. The Kier molecular flexibility index (Phi) is 6.21. The number of aromatic hydroxyl groups is 1. The van der Waals surface area contributed by atoms with Crippen LogP contribution in [0.1, 0.15) is 28.8 Å². The molecule has 0 fully saturated rings. The van der Waals surface area contributed by atoms with Crippen LogP contribution in [0.3, 0.4) is 0 Å². The molecule has 0 spiro atoms. The van der Waals surface area contributed by atoms with Gasteiger partial charge in [-0.1, -0.05) is 48.9 Å². The van der Waals surface area contributed by atoms with Crippen molar-refractivity contribution in [2.45, 2.75) is 12.8 Å². The number of phenolic OH excluding ortho intramolecular Hbond substituents is 1. The number of halogens is 1. The molecule has 6 heteroatoms. The molecule has 5 nitrogen and oxygen atoms in total. The molecule has 2 aromatic carbocycles. The Morgan fingerprint density at radius 1 is 1.21 bits per heavy atom. The molecular weight excluding hydrogens is 330 g/mol. The Labute approximate surface area is 145 Å². The SMILES string of the molecule is C[C@H](CNC(=O)COC(=O)c1cc(Cl)ccc1O)c1ccccc1. The van der Waals surface area contributed by atoms with E-state index in [0.717, 1.165) is 5.56 Å². The van der Waals surface area contributed by atoms with Gasteiger partial charge < -0.3 is 15.2 Å². The number of phenols is 1. The lowest BCUT2D eigenvalue weighted by Gasteiger charge is -2.13. The zero-order valence-corrected chi connectivity index (χ0v) is 13.9. The number of hydrogen-bond acceptors (Lipinski definition) is 4. The van der Waals surface area contributed by atoms with Gasteiger partial charge in [0, 0.05) is 11.6 Å². The first-order valence-corrected chi connectivity index (χ1v) is 7.82. The summed E-state index contributed by atoms with van der Waals surface area (Å²) in [6.45, 7) is 2.00. The number of nitrogens with one attached hydrogen (secondary N) is 1. The molecule has 0 radical (unpaired) electrons. The topological polar surface area (TPSA) is 75.6 Å². The minimum absolute atomic E-state index is 0.0760. The van der Waals surface area contributed by atoms with Crippen molar-refractivity contribution < 1.29 is 19.4 Å². The highest BCUT2D eigenvalue weighted by atomic mass is 35.5. The summed E-state index contributed by atoms with van der Waals surface area (Å²) in [6, 6.07) is 13.8. The van der Waals surface area contributed by atoms with Gasteiger partial charge >= 0.3 is 5.97 Å². The Morgan fingerprint density at radius 3 is 2.62 bits per heavy atom. The Balaban J connectivity index is 1.81. The van der Waals surface area contributed by atoms with E-state index in [-0.39, 0.29) is 17.2 Å². The van der Waals surface area contributed by atoms with Crippen LogP contribution in [0.4, 0.5) is 0 Å². The normalized spacial score (nSPS) is 11.6. The molecule has 0 aliphatic rings. The summed E-state index contributed by atoms with van der Waals surface area (Å²) >= 11 is 5.77. The van der Waals surface area contributed by atoms with E-state index in [2.05, 4.69) is 5.32 Å². The Bertz CT molecular complexity index is 718. The minimum atomic E-state index is -0.804. The maximum atomic E-state index is 11.9. The van der Waals surface area contributed by atoms with Crippen molar-refractivity contribution in [2.75, 3.05) is 13.2 Å². The molecule has 1 amide bonds. The van der Waals surface area contributed by atoms with Crippen molar-refractivity contribution in [3.63, 3.8) is 0 Å². The number of ether oxygens (including phenoxy) is 1. The zero-order chi connectivity index (χ0) is 17.5. The maximum Gasteiger partial charge on any atom is 0.342 e. The van der Waals surface area contributed by atoms with Gasteiger partial charge in [0.05, 0.1) is 0 Å². The van der Waals surface area contributed by atoms with Crippen molar-refractivity contribution in [2.24, 2.45) is 0 Å². The van der Waals surface area contributed by atoms with Gasteiger partial charge in [0.25, 0.3) is 5.91 Å². The van der Waals surface area contributed by atoms with Crippen molar-refractivity contribution in [1.82, 2.24) is 5.32 Å². The molecule has 2 aromatic rings. The van der Waals surface area contributed by atoms with Gasteiger partial charge in [-0.2, -0.15) is 0 Å². The Morgan fingerprint density at radius 2 is 1.92 bits per heavy atom. The largest absolute Gasteiger partial charge is 0.507 e. The van der Waals surface area contributed by atoms with E-state index in [9.17, 15) is 14.7 Å². The van der Waals surface area contributed by atoms with Gasteiger partial charge in [0.1, 0.15) is 11.3 Å². The van der Waals surface area contributed by atoms with Crippen molar-refractivity contribution in [3.8, 4) is 5.75 Å².